The van der Waals surface area contributed by atoms with Crippen LogP contribution in [0, 0.1) is 0 Å². The summed E-state index contributed by atoms with van der Waals surface area (Å²) >= 11 is 0. The Morgan fingerprint density at radius 2 is 2.17 bits per heavy atom. The van der Waals surface area contributed by atoms with Crippen LogP contribution in [0.1, 0.15) is 33.1 Å². The monoisotopic (exact) mass is 251 g/mol. The second-order valence-electron chi connectivity index (χ2n) is 4.44. The van der Waals surface area contributed by atoms with Crippen LogP contribution < -0.4 is 10.6 Å². The minimum Gasteiger partial charge on any atom is -0.383 e. The van der Waals surface area contributed by atoms with Gasteiger partial charge in [0.1, 0.15) is 5.82 Å². The third-order valence-corrected chi connectivity index (χ3v) is 2.69. The first kappa shape index (κ1) is 14.8. The van der Waals surface area contributed by atoms with E-state index in [1.807, 2.05) is 18.3 Å². The Kier molecular flexibility index (Phi) is 7.18. The van der Waals surface area contributed by atoms with Gasteiger partial charge >= 0.3 is 0 Å². The Morgan fingerprint density at radius 1 is 1.33 bits per heavy atom. The van der Waals surface area contributed by atoms with Gasteiger partial charge in [-0.15, -0.1) is 0 Å². The fourth-order valence-electron chi connectivity index (χ4n) is 1.85. The summed E-state index contributed by atoms with van der Waals surface area (Å²) in [6, 6.07) is 4.41. The zero-order valence-corrected chi connectivity index (χ0v) is 11.7. The largest absolute Gasteiger partial charge is 0.383 e. The van der Waals surface area contributed by atoms with Gasteiger partial charge in [0.2, 0.25) is 0 Å². The van der Waals surface area contributed by atoms with Crippen molar-refractivity contribution in [3.05, 3.63) is 18.3 Å². The van der Waals surface area contributed by atoms with Gasteiger partial charge in [-0.3, -0.25) is 0 Å². The lowest BCUT2D eigenvalue weighted by Crippen LogP contribution is -2.24. The van der Waals surface area contributed by atoms with Crippen LogP contribution in [-0.2, 0) is 4.74 Å². The van der Waals surface area contributed by atoms with Gasteiger partial charge in [0, 0.05) is 37.6 Å². The predicted molar refractivity (Wildman–Crippen MR) is 77.2 cm³/mol. The second kappa shape index (κ2) is 8.75. The first-order valence-corrected chi connectivity index (χ1v) is 6.75. The second-order valence-corrected chi connectivity index (χ2v) is 4.44. The Bertz CT molecular complexity index is 325. The van der Waals surface area contributed by atoms with Gasteiger partial charge < -0.3 is 15.4 Å². The smallest absolute Gasteiger partial charge is 0.127 e. The molecule has 0 aliphatic heterocycles. The van der Waals surface area contributed by atoms with Crippen molar-refractivity contribution in [2.24, 2.45) is 0 Å². The maximum Gasteiger partial charge on any atom is 0.127 e. The lowest BCUT2D eigenvalue weighted by Gasteiger charge is -2.18. The van der Waals surface area contributed by atoms with E-state index in [-0.39, 0.29) is 0 Å². The van der Waals surface area contributed by atoms with E-state index < -0.39 is 0 Å². The van der Waals surface area contributed by atoms with Gasteiger partial charge in [0.05, 0.1) is 6.61 Å². The van der Waals surface area contributed by atoms with E-state index in [1.54, 1.807) is 7.11 Å². The standard InChI is InChI=1S/C14H25N3O/c1-4-6-13(11-18-3)17-12-7-9-16-14(10-12)15-8-5-2/h7,9-10,13H,4-6,8,11H2,1-3H3,(H2,15,16,17). The number of aromatic nitrogens is 1. The highest BCUT2D eigenvalue weighted by atomic mass is 16.5. The lowest BCUT2D eigenvalue weighted by atomic mass is 10.1. The zero-order chi connectivity index (χ0) is 13.2. The van der Waals surface area contributed by atoms with Crippen molar-refractivity contribution in [2.75, 3.05) is 30.9 Å². The first-order valence-electron chi connectivity index (χ1n) is 6.75. The average molecular weight is 251 g/mol. The summed E-state index contributed by atoms with van der Waals surface area (Å²) in [6.07, 6.45) is 5.18. The third kappa shape index (κ3) is 5.36. The Hall–Kier alpha value is -1.29. The number of methoxy groups -OCH3 is 1. The van der Waals surface area contributed by atoms with Crippen LogP contribution in [0.5, 0.6) is 0 Å². The SMILES string of the molecule is CCCNc1cc(NC(CCC)COC)ccn1. The Morgan fingerprint density at radius 3 is 2.83 bits per heavy atom. The van der Waals surface area contributed by atoms with E-state index >= 15 is 0 Å². The topological polar surface area (TPSA) is 46.2 Å². The molecule has 0 bridgehead atoms. The van der Waals surface area contributed by atoms with Crippen molar-refractivity contribution in [3.63, 3.8) is 0 Å². The summed E-state index contributed by atoms with van der Waals surface area (Å²) in [7, 11) is 1.74. The molecule has 4 heteroatoms. The number of hydrogen-bond donors (Lipinski definition) is 2. The van der Waals surface area contributed by atoms with Crippen LogP contribution in [-0.4, -0.2) is 31.3 Å². The molecular weight excluding hydrogens is 226 g/mol. The molecule has 0 aromatic carbocycles. The number of anilines is 2. The molecule has 0 saturated carbocycles. The molecule has 0 radical (unpaired) electrons. The summed E-state index contributed by atoms with van der Waals surface area (Å²) in [5.41, 5.74) is 1.10. The predicted octanol–water partition coefficient (Wildman–Crippen LogP) is 3.13. The minimum atomic E-state index is 0.362. The van der Waals surface area contributed by atoms with Gasteiger partial charge in [-0.2, -0.15) is 0 Å². The molecule has 1 aromatic heterocycles. The Balaban J connectivity index is 2.58. The quantitative estimate of drug-likeness (QED) is 0.708. The van der Waals surface area contributed by atoms with Crippen LogP contribution in [0.2, 0.25) is 0 Å². The molecule has 1 rings (SSSR count). The van der Waals surface area contributed by atoms with E-state index in [0.717, 1.165) is 43.9 Å². The fourth-order valence-corrected chi connectivity index (χ4v) is 1.85. The molecule has 0 aliphatic carbocycles. The summed E-state index contributed by atoms with van der Waals surface area (Å²) in [5.74, 6) is 0.925. The zero-order valence-electron chi connectivity index (χ0n) is 11.7. The molecule has 0 fully saturated rings. The number of ether oxygens (including phenoxy) is 1. The molecule has 1 unspecified atom stereocenters. The highest BCUT2D eigenvalue weighted by molar-refractivity contribution is 5.52. The molecule has 18 heavy (non-hydrogen) atoms. The van der Waals surface area contributed by atoms with Crippen molar-refractivity contribution in [2.45, 2.75) is 39.2 Å². The maximum atomic E-state index is 5.23. The van der Waals surface area contributed by atoms with Crippen molar-refractivity contribution < 1.29 is 4.74 Å². The van der Waals surface area contributed by atoms with Crippen molar-refractivity contribution >= 4 is 11.5 Å². The van der Waals surface area contributed by atoms with Crippen LogP contribution in [0.4, 0.5) is 11.5 Å². The van der Waals surface area contributed by atoms with E-state index in [0.29, 0.717) is 6.04 Å². The summed E-state index contributed by atoms with van der Waals surface area (Å²) in [6.45, 7) is 6.01. The molecule has 1 heterocycles. The van der Waals surface area contributed by atoms with E-state index in [4.69, 9.17) is 4.74 Å². The number of nitrogens with one attached hydrogen (secondary N) is 2. The van der Waals surface area contributed by atoms with Gasteiger partial charge in [-0.25, -0.2) is 4.98 Å². The van der Waals surface area contributed by atoms with E-state index in [1.165, 1.54) is 0 Å². The average Bonchev–Trinajstić information content (AvgIpc) is 2.37. The Labute approximate surface area is 110 Å². The number of rotatable bonds is 9. The highest BCUT2D eigenvalue weighted by Gasteiger charge is 2.07. The molecule has 0 saturated heterocycles. The van der Waals surface area contributed by atoms with Gasteiger partial charge in [0.25, 0.3) is 0 Å². The van der Waals surface area contributed by atoms with Crippen molar-refractivity contribution in [1.29, 1.82) is 0 Å². The number of hydrogen-bond acceptors (Lipinski definition) is 4. The van der Waals surface area contributed by atoms with Crippen LogP contribution in [0.15, 0.2) is 18.3 Å². The van der Waals surface area contributed by atoms with E-state index in [2.05, 4.69) is 29.5 Å². The van der Waals surface area contributed by atoms with Crippen LogP contribution in [0.3, 0.4) is 0 Å². The molecular formula is C14H25N3O. The molecule has 2 N–H and O–H groups in total. The molecule has 1 aromatic rings. The van der Waals surface area contributed by atoms with Crippen molar-refractivity contribution in [3.8, 4) is 0 Å². The summed E-state index contributed by atoms with van der Waals surface area (Å²) in [5, 5.41) is 6.78. The third-order valence-electron chi connectivity index (χ3n) is 2.69. The minimum absolute atomic E-state index is 0.362. The van der Waals surface area contributed by atoms with Gasteiger partial charge in [-0.05, 0) is 18.9 Å². The molecule has 0 amide bonds. The molecule has 0 aliphatic rings. The highest BCUT2D eigenvalue weighted by Crippen LogP contribution is 2.14. The lowest BCUT2D eigenvalue weighted by molar-refractivity contribution is 0.182. The summed E-state index contributed by atoms with van der Waals surface area (Å²) in [4.78, 5) is 4.29. The summed E-state index contributed by atoms with van der Waals surface area (Å²) < 4.78 is 5.23. The van der Waals surface area contributed by atoms with Gasteiger partial charge in [-0.1, -0.05) is 20.3 Å². The fraction of sp³-hybridized carbons (Fsp3) is 0.643. The maximum absolute atomic E-state index is 5.23. The normalized spacial score (nSPS) is 12.2. The molecule has 1 atom stereocenters. The van der Waals surface area contributed by atoms with E-state index in [9.17, 15) is 0 Å². The number of pyridine rings is 1. The first-order chi connectivity index (χ1) is 8.80. The number of nitrogens with zero attached hydrogens (tertiary/aromatic N) is 1. The van der Waals surface area contributed by atoms with Crippen molar-refractivity contribution in [1.82, 2.24) is 4.98 Å². The molecule has 0 spiro atoms. The van der Waals surface area contributed by atoms with Crippen LogP contribution in [0.25, 0.3) is 0 Å². The molecule has 4 nitrogen and oxygen atoms in total. The molecule has 102 valence electrons. The van der Waals surface area contributed by atoms with Crippen LogP contribution >= 0.6 is 0 Å². The van der Waals surface area contributed by atoms with Gasteiger partial charge in [0.15, 0.2) is 0 Å².